The summed E-state index contributed by atoms with van der Waals surface area (Å²) in [6, 6.07) is 9.33. The van der Waals surface area contributed by atoms with Gasteiger partial charge in [-0.2, -0.15) is 0 Å². The van der Waals surface area contributed by atoms with Gasteiger partial charge in [0.15, 0.2) is 0 Å². The van der Waals surface area contributed by atoms with Crippen LogP contribution in [-0.4, -0.2) is 29.9 Å². The Hall–Kier alpha value is -2.20. The average molecular weight is 283 g/mol. The van der Waals surface area contributed by atoms with Crippen LogP contribution in [0, 0.1) is 13.8 Å². The molecule has 0 fully saturated rings. The van der Waals surface area contributed by atoms with Crippen molar-refractivity contribution in [3.8, 4) is 0 Å². The van der Waals surface area contributed by atoms with E-state index in [1.54, 1.807) is 12.4 Å². The lowest BCUT2D eigenvalue weighted by atomic mass is 10.1. The molecule has 1 heterocycles. The van der Waals surface area contributed by atoms with Gasteiger partial charge in [-0.05, 0) is 62.8 Å². The summed E-state index contributed by atoms with van der Waals surface area (Å²) in [5.74, 6) is -0.0590. The number of benzene rings is 1. The highest BCUT2D eigenvalue weighted by atomic mass is 16.2. The van der Waals surface area contributed by atoms with E-state index in [-0.39, 0.29) is 11.9 Å². The molecule has 0 aliphatic carbocycles. The van der Waals surface area contributed by atoms with Crippen molar-refractivity contribution in [2.24, 2.45) is 0 Å². The number of carbonyl (C=O) groups excluding carboxylic acids is 1. The van der Waals surface area contributed by atoms with Crippen molar-refractivity contribution in [2.75, 3.05) is 19.4 Å². The summed E-state index contributed by atoms with van der Waals surface area (Å²) < 4.78 is 0. The number of hydrogen-bond acceptors (Lipinski definition) is 3. The van der Waals surface area contributed by atoms with Crippen LogP contribution >= 0.6 is 0 Å². The van der Waals surface area contributed by atoms with E-state index in [1.165, 1.54) is 5.56 Å². The minimum Gasteiger partial charge on any atom is -0.324 e. The Labute approximate surface area is 125 Å². The Morgan fingerprint density at radius 1 is 1.19 bits per heavy atom. The number of carbonyl (C=O) groups is 1. The summed E-state index contributed by atoms with van der Waals surface area (Å²) in [6.07, 6.45) is 3.43. The highest BCUT2D eigenvalue weighted by Crippen LogP contribution is 2.21. The second-order valence-electron chi connectivity index (χ2n) is 5.44. The lowest BCUT2D eigenvalue weighted by Gasteiger charge is -2.23. The third kappa shape index (κ3) is 3.67. The van der Waals surface area contributed by atoms with Gasteiger partial charge in [-0.15, -0.1) is 0 Å². The van der Waals surface area contributed by atoms with Crippen molar-refractivity contribution in [1.82, 2.24) is 9.88 Å². The van der Waals surface area contributed by atoms with E-state index in [9.17, 15) is 4.79 Å². The zero-order chi connectivity index (χ0) is 15.4. The summed E-state index contributed by atoms with van der Waals surface area (Å²) in [4.78, 5) is 18.5. The van der Waals surface area contributed by atoms with Gasteiger partial charge in [-0.1, -0.05) is 12.1 Å². The number of hydrogen-bond donors (Lipinski definition) is 1. The minimum absolute atomic E-state index is 0.0590. The molecule has 1 aromatic heterocycles. The fourth-order valence-corrected chi connectivity index (χ4v) is 2.25. The molecule has 0 radical (unpaired) electrons. The fraction of sp³-hybridized carbons (Fsp3) is 0.294. The highest BCUT2D eigenvalue weighted by Gasteiger charge is 2.23. The Morgan fingerprint density at radius 3 is 2.52 bits per heavy atom. The molecule has 0 bridgehead atoms. The van der Waals surface area contributed by atoms with Crippen molar-refractivity contribution < 1.29 is 4.79 Å². The molecule has 1 amide bonds. The van der Waals surface area contributed by atoms with Gasteiger partial charge in [0.05, 0.1) is 0 Å². The van der Waals surface area contributed by atoms with Crippen LogP contribution in [0.1, 0.15) is 22.7 Å². The molecular weight excluding hydrogens is 262 g/mol. The molecule has 0 saturated carbocycles. The van der Waals surface area contributed by atoms with E-state index in [1.807, 2.05) is 56.3 Å². The molecule has 0 aliphatic heterocycles. The molecule has 1 aromatic carbocycles. The first kappa shape index (κ1) is 15.2. The molecule has 110 valence electrons. The molecular formula is C17H21N3O. The molecule has 2 aromatic rings. The van der Waals surface area contributed by atoms with Gasteiger partial charge in [-0.25, -0.2) is 0 Å². The molecule has 4 nitrogen and oxygen atoms in total. The van der Waals surface area contributed by atoms with Crippen molar-refractivity contribution in [1.29, 1.82) is 0 Å². The molecule has 0 aliphatic rings. The number of nitrogens with one attached hydrogen (secondary N) is 1. The maximum atomic E-state index is 12.6. The lowest BCUT2D eigenvalue weighted by molar-refractivity contribution is -0.120. The van der Waals surface area contributed by atoms with E-state index >= 15 is 0 Å². The zero-order valence-corrected chi connectivity index (χ0v) is 12.9. The molecule has 2 rings (SSSR count). The monoisotopic (exact) mass is 283 g/mol. The van der Waals surface area contributed by atoms with Crippen LogP contribution in [-0.2, 0) is 4.79 Å². The summed E-state index contributed by atoms with van der Waals surface area (Å²) in [6.45, 7) is 4.09. The Kier molecular flexibility index (Phi) is 4.70. The topological polar surface area (TPSA) is 45.2 Å². The van der Waals surface area contributed by atoms with E-state index in [2.05, 4.69) is 17.2 Å². The van der Waals surface area contributed by atoms with E-state index in [4.69, 9.17) is 0 Å². The van der Waals surface area contributed by atoms with Gasteiger partial charge in [0.2, 0.25) is 5.91 Å². The number of aryl methyl sites for hydroxylation is 2. The van der Waals surface area contributed by atoms with Crippen LogP contribution in [0.2, 0.25) is 0 Å². The maximum absolute atomic E-state index is 12.6. The van der Waals surface area contributed by atoms with Crippen LogP contribution in [0.5, 0.6) is 0 Å². The predicted octanol–water partition coefficient (Wildman–Crippen LogP) is 2.94. The summed E-state index contributed by atoms with van der Waals surface area (Å²) >= 11 is 0. The molecule has 0 spiro atoms. The largest absolute Gasteiger partial charge is 0.324 e. The Balaban J connectivity index is 2.21. The third-order valence-corrected chi connectivity index (χ3v) is 3.54. The molecule has 21 heavy (non-hydrogen) atoms. The number of amides is 1. The normalized spacial score (nSPS) is 12.2. The molecule has 1 N–H and O–H groups in total. The quantitative estimate of drug-likeness (QED) is 0.938. The van der Waals surface area contributed by atoms with Gasteiger partial charge in [-0.3, -0.25) is 14.7 Å². The SMILES string of the molecule is Cc1ccc(NC(=O)C(c2cccnc2)N(C)C)cc1C. The van der Waals surface area contributed by atoms with Gasteiger partial charge in [0.25, 0.3) is 0 Å². The van der Waals surface area contributed by atoms with Crippen LogP contribution < -0.4 is 5.32 Å². The van der Waals surface area contributed by atoms with E-state index in [0.29, 0.717) is 0 Å². The highest BCUT2D eigenvalue weighted by molar-refractivity contribution is 5.95. The van der Waals surface area contributed by atoms with Crippen LogP contribution in [0.3, 0.4) is 0 Å². The number of nitrogens with zero attached hydrogens (tertiary/aromatic N) is 2. The van der Waals surface area contributed by atoms with Crippen LogP contribution in [0.15, 0.2) is 42.7 Å². The smallest absolute Gasteiger partial charge is 0.246 e. The van der Waals surface area contributed by atoms with Gasteiger partial charge in [0, 0.05) is 18.1 Å². The second-order valence-corrected chi connectivity index (χ2v) is 5.44. The summed E-state index contributed by atoms with van der Waals surface area (Å²) in [5.41, 5.74) is 4.07. The van der Waals surface area contributed by atoms with Gasteiger partial charge < -0.3 is 5.32 Å². The van der Waals surface area contributed by atoms with E-state index in [0.717, 1.165) is 16.8 Å². The number of rotatable bonds is 4. The molecule has 1 atom stereocenters. The van der Waals surface area contributed by atoms with E-state index < -0.39 is 0 Å². The summed E-state index contributed by atoms with van der Waals surface area (Å²) in [7, 11) is 3.77. The third-order valence-electron chi connectivity index (χ3n) is 3.54. The number of aromatic nitrogens is 1. The second kappa shape index (κ2) is 6.50. The van der Waals surface area contributed by atoms with Gasteiger partial charge in [0.1, 0.15) is 6.04 Å². The Morgan fingerprint density at radius 2 is 1.95 bits per heavy atom. The maximum Gasteiger partial charge on any atom is 0.246 e. The fourth-order valence-electron chi connectivity index (χ4n) is 2.25. The predicted molar refractivity (Wildman–Crippen MR) is 85.2 cm³/mol. The average Bonchev–Trinajstić information content (AvgIpc) is 2.44. The first-order chi connectivity index (χ1) is 9.99. The molecule has 1 unspecified atom stereocenters. The first-order valence-electron chi connectivity index (χ1n) is 6.93. The number of anilines is 1. The zero-order valence-electron chi connectivity index (χ0n) is 12.9. The standard InChI is InChI=1S/C17H21N3O/c1-12-7-8-15(10-13(12)2)19-17(21)16(20(3)4)14-6-5-9-18-11-14/h5-11,16H,1-4H3,(H,19,21). The van der Waals surface area contributed by atoms with Crippen molar-refractivity contribution in [3.05, 3.63) is 59.4 Å². The van der Waals surface area contributed by atoms with Gasteiger partial charge >= 0.3 is 0 Å². The first-order valence-corrected chi connectivity index (χ1v) is 6.93. The Bertz CT molecular complexity index is 623. The lowest BCUT2D eigenvalue weighted by Crippen LogP contribution is -2.32. The number of likely N-dealkylation sites (N-methyl/N-ethyl adjacent to an activating group) is 1. The number of pyridine rings is 1. The van der Waals surface area contributed by atoms with Crippen LogP contribution in [0.25, 0.3) is 0 Å². The van der Waals surface area contributed by atoms with Crippen LogP contribution in [0.4, 0.5) is 5.69 Å². The minimum atomic E-state index is -0.361. The summed E-state index contributed by atoms with van der Waals surface area (Å²) in [5, 5.41) is 2.98. The van der Waals surface area contributed by atoms with Crippen molar-refractivity contribution >= 4 is 11.6 Å². The van der Waals surface area contributed by atoms with Crippen molar-refractivity contribution in [2.45, 2.75) is 19.9 Å². The molecule has 4 heteroatoms. The van der Waals surface area contributed by atoms with Crippen molar-refractivity contribution in [3.63, 3.8) is 0 Å². The molecule has 0 saturated heterocycles.